The third-order valence-corrected chi connectivity index (χ3v) is 4.29. The van der Waals surface area contributed by atoms with Gasteiger partial charge < -0.3 is 9.84 Å². The minimum Gasteiger partial charge on any atom is -0.337 e. The van der Waals surface area contributed by atoms with E-state index in [1.165, 1.54) is 0 Å². The largest absolute Gasteiger partial charge is 0.337 e. The predicted octanol–water partition coefficient (Wildman–Crippen LogP) is 3.34. The maximum absolute atomic E-state index is 5.43. The van der Waals surface area contributed by atoms with Crippen LogP contribution in [0.15, 0.2) is 53.3 Å². The maximum atomic E-state index is 5.43. The van der Waals surface area contributed by atoms with Crippen LogP contribution >= 0.6 is 0 Å². The van der Waals surface area contributed by atoms with Crippen molar-refractivity contribution in [1.82, 2.24) is 20.4 Å². The van der Waals surface area contributed by atoms with E-state index in [-0.39, 0.29) is 6.04 Å². The van der Waals surface area contributed by atoms with E-state index >= 15 is 0 Å². The molecule has 0 amide bonds. The highest BCUT2D eigenvalue weighted by Crippen LogP contribution is 2.26. The van der Waals surface area contributed by atoms with Crippen molar-refractivity contribution in [3.8, 4) is 23.2 Å². The lowest BCUT2D eigenvalue weighted by Crippen LogP contribution is -2.20. The molecular formula is C20H18N4O. The van der Waals surface area contributed by atoms with Crippen molar-refractivity contribution >= 4 is 0 Å². The molecule has 124 valence electrons. The van der Waals surface area contributed by atoms with Gasteiger partial charge in [-0.15, -0.1) is 0 Å². The molecule has 0 bridgehead atoms. The molecule has 0 saturated carbocycles. The summed E-state index contributed by atoms with van der Waals surface area (Å²) in [5.74, 6) is 7.54. The van der Waals surface area contributed by atoms with Gasteiger partial charge in [0, 0.05) is 35.1 Å². The third-order valence-electron chi connectivity index (χ3n) is 4.29. The van der Waals surface area contributed by atoms with E-state index in [1.807, 2.05) is 36.4 Å². The highest BCUT2D eigenvalue weighted by molar-refractivity contribution is 5.56. The molecular weight excluding hydrogens is 312 g/mol. The lowest BCUT2D eigenvalue weighted by atomic mass is 10.1. The minimum absolute atomic E-state index is 0.168. The van der Waals surface area contributed by atoms with E-state index in [0.717, 1.165) is 29.5 Å². The Labute approximate surface area is 146 Å². The molecule has 1 saturated heterocycles. The molecule has 1 aliphatic rings. The fourth-order valence-electron chi connectivity index (χ4n) is 2.90. The molecule has 1 aliphatic heterocycles. The van der Waals surface area contributed by atoms with E-state index in [1.54, 1.807) is 12.4 Å². The fourth-order valence-corrected chi connectivity index (χ4v) is 2.90. The van der Waals surface area contributed by atoms with Crippen LogP contribution in [0.2, 0.25) is 0 Å². The monoisotopic (exact) mass is 330 g/mol. The first-order chi connectivity index (χ1) is 12.3. The van der Waals surface area contributed by atoms with Crippen molar-refractivity contribution in [2.45, 2.75) is 31.8 Å². The first-order valence-corrected chi connectivity index (χ1v) is 8.40. The average molecular weight is 330 g/mol. The van der Waals surface area contributed by atoms with E-state index in [2.05, 4.69) is 39.2 Å². The molecule has 3 heterocycles. The number of hydrogen-bond donors (Lipinski definition) is 1. The lowest BCUT2D eigenvalue weighted by Gasteiger charge is -2.05. The number of pyridine rings is 1. The molecule has 0 spiro atoms. The zero-order valence-electron chi connectivity index (χ0n) is 13.9. The number of benzene rings is 1. The summed E-state index contributed by atoms with van der Waals surface area (Å²) in [6.45, 7) is 2.17. The number of nitrogens with zero attached hydrogens (tertiary/aromatic N) is 3. The Morgan fingerprint density at radius 2 is 1.72 bits per heavy atom. The van der Waals surface area contributed by atoms with Crippen molar-refractivity contribution in [1.29, 1.82) is 0 Å². The normalized spacial score (nSPS) is 19.4. The lowest BCUT2D eigenvalue weighted by molar-refractivity contribution is 0.341. The molecule has 2 aromatic heterocycles. The summed E-state index contributed by atoms with van der Waals surface area (Å²) in [4.78, 5) is 8.52. The molecule has 0 radical (unpaired) electrons. The summed E-state index contributed by atoms with van der Waals surface area (Å²) in [5, 5.41) is 7.57. The first-order valence-electron chi connectivity index (χ1n) is 8.40. The molecule has 1 fully saturated rings. The molecule has 1 N–H and O–H groups in total. The number of aromatic nitrogens is 3. The Hall–Kier alpha value is -2.97. The van der Waals surface area contributed by atoms with E-state index in [4.69, 9.17) is 4.52 Å². The summed E-state index contributed by atoms with van der Waals surface area (Å²) < 4.78 is 5.43. The standard InChI is InChI=1S/C20H18N4O/c1-14-2-9-18(22-14)20-23-19(24-25-20)17-7-5-15(6-8-17)3-4-16-10-12-21-13-11-16/h5-8,10-14,18,22H,2,9H2,1H3/t14-,18?/m1/s1. The molecule has 5 heteroatoms. The van der Waals surface area contributed by atoms with Crippen molar-refractivity contribution in [3.63, 3.8) is 0 Å². The first kappa shape index (κ1) is 15.6. The Bertz CT molecular complexity index is 906. The number of rotatable bonds is 2. The summed E-state index contributed by atoms with van der Waals surface area (Å²) in [6, 6.07) is 12.3. The van der Waals surface area contributed by atoms with Crippen molar-refractivity contribution < 1.29 is 4.52 Å². The van der Waals surface area contributed by atoms with Crippen molar-refractivity contribution in [2.75, 3.05) is 0 Å². The molecule has 25 heavy (non-hydrogen) atoms. The van der Waals surface area contributed by atoms with Crippen LogP contribution in [0.3, 0.4) is 0 Å². The quantitative estimate of drug-likeness (QED) is 0.730. The third kappa shape index (κ3) is 3.59. The summed E-state index contributed by atoms with van der Waals surface area (Å²) in [6.07, 6.45) is 5.64. The Balaban J connectivity index is 1.49. The molecule has 5 nitrogen and oxygen atoms in total. The smallest absolute Gasteiger partial charge is 0.244 e. The van der Waals surface area contributed by atoms with Crippen LogP contribution in [0, 0.1) is 11.8 Å². The molecule has 1 aromatic carbocycles. The van der Waals surface area contributed by atoms with Gasteiger partial charge in [-0.05, 0) is 56.2 Å². The summed E-state index contributed by atoms with van der Waals surface area (Å²) in [5.41, 5.74) is 2.81. The van der Waals surface area contributed by atoms with Gasteiger partial charge in [0.2, 0.25) is 11.7 Å². The maximum Gasteiger partial charge on any atom is 0.244 e. The van der Waals surface area contributed by atoms with Gasteiger partial charge in [0.15, 0.2) is 0 Å². The minimum atomic E-state index is 0.168. The Morgan fingerprint density at radius 1 is 1.00 bits per heavy atom. The van der Waals surface area contributed by atoms with Crippen LogP contribution in [0.1, 0.15) is 42.8 Å². The van der Waals surface area contributed by atoms with Crippen molar-refractivity contribution in [3.05, 3.63) is 65.8 Å². The van der Waals surface area contributed by atoms with Crippen LogP contribution < -0.4 is 5.32 Å². The van der Waals surface area contributed by atoms with Gasteiger partial charge in [-0.25, -0.2) is 0 Å². The summed E-state index contributed by atoms with van der Waals surface area (Å²) in [7, 11) is 0. The Kier molecular flexibility index (Phi) is 4.28. The van der Waals surface area contributed by atoms with E-state index < -0.39 is 0 Å². The highest BCUT2D eigenvalue weighted by Gasteiger charge is 2.26. The van der Waals surface area contributed by atoms with Gasteiger partial charge in [0.05, 0.1) is 6.04 Å². The molecule has 0 aliphatic carbocycles. The predicted molar refractivity (Wildman–Crippen MR) is 94.5 cm³/mol. The van der Waals surface area contributed by atoms with E-state index in [0.29, 0.717) is 17.8 Å². The fraction of sp³-hybridized carbons (Fsp3) is 0.250. The van der Waals surface area contributed by atoms with Gasteiger partial charge in [-0.1, -0.05) is 17.0 Å². The van der Waals surface area contributed by atoms with Crippen LogP contribution in [-0.2, 0) is 0 Å². The second-order valence-corrected chi connectivity index (χ2v) is 6.22. The van der Waals surface area contributed by atoms with Gasteiger partial charge in [0.1, 0.15) is 0 Å². The topological polar surface area (TPSA) is 63.8 Å². The SMILES string of the molecule is C[C@@H]1CCC(c2nc(-c3ccc(C#Cc4ccncc4)cc3)no2)N1. The van der Waals surface area contributed by atoms with Gasteiger partial charge >= 0.3 is 0 Å². The van der Waals surface area contributed by atoms with Gasteiger partial charge in [-0.3, -0.25) is 4.98 Å². The Morgan fingerprint density at radius 3 is 2.40 bits per heavy atom. The van der Waals surface area contributed by atoms with Gasteiger partial charge in [-0.2, -0.15) is 4.98 Å². The molecule has 1 unspecified atom stereocenters. The number of nitrogens with one attached hydrogen (secondary N) is 1. The molecule has 2 atom stereocenters. The van der Waals surface area contributed by atoms with Crippen molar-refractivity contribution in [2.24, 2.45) is 0 Å². The second-order valence-electron chi connectivity index (χ2n) is 6.22. The summed E-state index contributed by atoms with van der Waals surface area (Å²) >= 11 is 0. The zero-order chi connectivity index (χ0) is 17.1. The zero-order valence-corrected chi connectivity index (χ0v) is 13.9. The molecule has 3 aromatic rings. The van der Waals surface area contributed by atoms with Crippen LogP contribution in [0.4, 0.5) is 0 Å². The van der Waals surface area contributed by atoms with Crippen LogP contribution in [0.5, 0.6) is 0 Å². The number of hydrogen-bond acceptors (Lipinski definition) is 5. The van der Waals surface area contributed by atoms with Gasteiger partial charge in [0.25, 0.3) is 0 Å². The molecule has 4 rings (SSSR count). The average Bonchev–Trinajstić information content (AvgIpc) is 3.30. The second kappa shape index (κ2) is 6.88. The van der Waals surface area contributed by atoms with E-state index in [9.17, 15) is 0 Å². The van der Waals surface area contributed by atoms with Crippen LogP contribution in [0.25, 0.3) is 11.4 Å². The highest BCUT2D eigenvalue weighted by atomic mass is 16.5. The van der Waals surface area contributed by atoms with Crippen LogP contribution in [-0.4, -0.2) is 21.2 Å².